The highest BCUT2D eigenvalue weighted by molar-refractivity contribution is 7.92. The maximum Gasteiger partial charge on any atom is 0.294 e. The predicted molar refractivity (Wildman–Crippen MR) is 59.2 cm³/mol. The second-order valence-electron chi connectivity index (χ2n) is 4.37. The second kappa shape index (κ2) is 4.98. The van der Waals surface area contributed by atoms with Crippen LogP contribution in [0.25, 0.3) is 0 Å². The lowest BCUT2D eigenvalue weighted by atomic mass is 10.1. The smallest absolute Gasteiger partial charge is 0.294 e. The number of fused-ring (bicyclic) bond motifs is 1. The van der Waals surface area contributed by atoms with E-state index in [1.54, 1.807) is 6.92 Å². The van der Waals surface area contributed by atoms with Gasteiger partial charge in [-0.1, -0.05) is 6.92 Å². The normalized spacial score (nSPS) is 35.4. The summed E-state index contributed by atoms with van der Waals surface area (Å²) < 4.78 is 34.5. The van der Waals surface area contributed by atoms with Crippen LogP contribution in [-0.4, -0.2) is 56.0 Å². The van der Waals surface area contributed by atoms with Crippen molar-refractivity contribution in [3.05, 3.63) is 10.1 Å². The fraction of sp³-hybridized carbons (Fsp3) is 1.00. The summed E-state index contributed by atoms with van der Waals surface area (Å²) >= 11 is 0. The standard InChI is InChI=1S/C9H15NO7S/c1-2-3-18(13,14)7-5-16-8-6(17-10(11)12)4-15-9(7)8/h6-9H,2-5H2,1H3/t6-,7-,8-,9-/m1/s1. The van der Waals surface area contributed by atoms with Gasteiger partial charge in [0.15, 0.2) is 15.9 Å². The fourth-order valence-electron chi connectivity index (χ4n) is 2.37. The summed E-state index contributed by atoms with van der Waals surface area (Å²) in [5.74, 6) is 0.0639. The largest absolute Gasteiger partial charge is 0.372 e. The maximum atomic E-state index is 12.0. The Balaban J connectivity index is 2.07. The molecule has 0 saturated carbocycles. The molecule has 2 aliphatic rings. The van der Waals surface area contributed by atoms with Gasteiger partial charge in [-0.3, -0.25) is 0 Å². The van der Waals surface area contributed by atoms with E-state index in [0.717, 1.165) is 0 Å². The summed E-state index contributed by atoms with van der Waals surface area (Å²) in [6.07, 6.45) is -1.66. The summed E-state index contributed by atoms with van der Waals surface area (Å²) in [4.78, 5) is 14.7. The first-order valence-electron chi connectivity index (χ1n) is 5.71. The van der Waals surface area contributed by atoms with Crippen LogP contribution in [0.1, 0.15) is 13.3 Å². The Labute approximate surface area is 104 Å². The first kappa shape index (κ1) is 13.5. The lowest BCUT2D eigenvalue weighted by Gasteiger charge is -2.16. The Bertz CT molecular complexity index is 423. The number of sulfone groups is 1. The molecule has 0 spiro atoms. The molecule has 9 heteroatoms. The van der Waals surface area contributed by atoms with Gasteiger partial charge in [0.2, 0.25) is 0 Å². The molecular formula is C9H15NO7S. The van der Waals surface area contributed by atoms with E-state index < -0.39 is 38.5 Å². The minimum atomic E-state index is -3.29. The minimum Gasteiger partial charge on any atom is -0.372 e. The highest BCUT2D eigenvalue weighted by atomic mass is 32.2. The van der Waals surface area contributed by atoms with Gasteiger partial charge in [-0.2, -0.15) is 0 Å². The summed E-state index contributed by atoms with van der Waals surface area (Å²) in [6.45, 7) is 1.77. The van der Waals surface area contributed by atoms with Crippen LogP contribution in [0.2, 0.25) is 0 Å². The zero-order chi connectivity index (χ0) is 13.3. The van der Waals surface area contributed by atoms with E-state index in [1.807, 2.05) is 0 Å². The van der Waals surface area contributed by atoms with Crippen molar-refractivity contribution in [2.75, 3.05) is 19.0 Å². The molecule has 2 aliphatic heterocycles. The fourth-order valence-corrected chi connectivity index (χ4v) is 4.17. The van der Waals surface area contributed by atoms with Crippen molar-refractivity contribution in [1.29, 1.82) is 0 Å². The van der Waals surface area contributed by atoms with Crippen molar-refractivity contribution < 1.29 is 27.8 Å². The van der Waals surface area contributed by atoms with E-state index in [-0.39, 0.29) is 19.0 Å². The monoisotopic (exact) mass is 281 g/mol. The molecule has 0 radical (unpaired) electrons. The Hall–Kier alpha value is -0.930. The van der Waals surface area contributed by atoms with Crippen LogP contribution in [-0.2, 0) is 24.1 Å². The van der Waals surface area contributed by atoms with Gasteiger partial charge in [0.05, 0.1) is 19.0 Å². The van der Waals surface area contributed by atoms with E-state index >= 15 is 0 Å². The van der Waals surface area contributed by atoms with Crippen LogP contribution in [0.3, 0.4) is 0 Å². The molecule has 0 aromatic heterocycles. The Morgan fingerprint density at radius 1 is 1.33 bits per heavy atom. The molecule has 0 unspecified atom stereocenters. The van der Waals surface area contributed by atoms with Gasteiger partial charge in [0, 0.05) is 0 Å². The van der Waals surface area contributed by atoms with E-state index in [4.69, 9.17) is 9.47 Å². The summed E-state index contributed by atoms with van der Waals surface area (Å²) in [5.41, 5.74) is 0. The van der Waals surface area contributed by atoms with Crippen molar-refractivity contribution in [3.8, 4) is 0 Å². The van der Waals surface area contributed by atoms with Crippen LogP contribution in [0.5, 0.6) is 0 Å². The van der Waals surface area contributed by atoms with Crippen LogP contribution in [0.15, 0.2) is 0 Å². The molecule has 2 heterocycles. The van der Waals surface area contributed by atoms with Gasteiger partial charge in [-0.05, 0) is 6.42 Å². The number of rotatable bonds is 5. The molecule has 4 atom stereocenters. The Morgan fingerprint density at radius 2 is 2.00 bits per heavy atom. The van der Waals surface area contributed by atoms with E-state index in [1.165, 1.54) is 0 Å². The zero-order valence-corrected chi connectivity index (χ0v) is 10.7. The van der Waals surface area contributed by atoms with E-state index in [9.17, 15) is 18.5 Å². The number of hydrogen-bond donors (Lipinski definition) is 0. The zero-order valence-electron chi connectivity index (χ0n) is 9.85. The van der Waals surface area contributed by atoms with Crippen molar-refractivity contribution in [2.24, 2.45) is 0 Å². The average Bonchev–Trinajstić information content (AvgIpc) is 2.80. The quantitative estimate of drug-likeness (QED) is 0.496. The van der Waals surface area contributed by atoms with Gasteiger partial charge in [-0.15, -0.1) is 10.1 Å². The van der Waals surface area contributed by atoms with Crippen LogP contribution < -0.4 is 0 Å². The summed E-state index contributed by atoms with van der Waals surface area (Å²) in [5, 5.41) is 8.62. The second-order valence-corrected chi connectivity index (χ2v) is 6.71. The molecule has 0 aromatic rings. The summed E-state index contributed by atoms with van der Waals surface area (Å²) in [6, 6.07) is 0. The molecule has 18 heavy (non-hydrogen) atoms. The van der Waals surface area contributed by atoms with Crippen LogP contribution in [0, 0.1) is 10.1 Å². The Morgan fingerprint density at radius 3 is 2.61 bits per heavy atom. The third-order valence-electron chi connectivity index (χ3n) is 3.13. The maximum absolute atomic E-state index is 12.0. The molecule has 0 bridgehead atoms. The average molecular weight is 281 g/mol. The van der Waals surface area contributed by atoms with E-state index in [2.05, 4.69) is 4.84 Å². The van der Waals surface area contributed by atoms with Crippen molar-refractivity contribution in [2.45, 2.75) is 36.9 Å². The van der Waals surface area contributed by atoms with Crippen molar-refractivity contribution >= 4 is 9.84 Å². The number of hydrogen-bond acceptors (Lipinski definition) is 7. The molecule has 0 aromatic carbocycles. The number of ether oxygens (including phenoxy) is 2. The highest BCUT2D eigenvalue weighted by Crippen LogP contribution is 2.32. The molecule has 2 saturated heterocycles. The first-order valence-corrected chi connectivity index (χ1v) is 7.43. The molecule has 0 N–H and O–H groups in total. The predicted octanol–water partition coefficient (Wildman–Crippen LogP) is -0.446. The summed E-state index contributed by atoms with van der Waals surface area (Å²) in [7, 11) is -3.29. The lowest BCUT2D eigenvalue weighted by molar-refractivity contribution is -0.769. The highest BCUT2D eigenvalue weighted by Gasteiger charge is 2.53. The van der Waals surface area contributed by atoms with Gasteiger partial charge in [0.1, 0.15) is 17.5 Å². The molecule has 2 rings (SSSR count). The van der Waals surface area contributed by atoms with Gasteiger partial charge >= 0.3 is 0 Å². The van der Waals surface area contributed by atoms with Crippen LogP contribution in [0.4, 0.5) is 0 Å². The molecule has 2 fully saturated rings. The number of nitrogens with zero attached hydrogens (tertiary/aromatic N) is 1. The van der Waals surface area contributed by atoms with E-state index in [0.29, 0.717) is 6.42 Å². The lowest BCUT2D eigenvalue weighted by Crippen LogP contribution is -2.38. The topological polar surface area (TPSA) is 105 Å². The molecule has 104 valence electrons. The van der Waals surface area contributed by atoms with Gasteiger partial charge < -0.3 is 14.3 Å². The first-order chi connectivity index (χ1) is 8.45. The third-order valence-corrected chi connectivity index (χ3v) is 5.44. The molecule has 0 aliphatic carbocycles. The third kappa shape index (κ3) is 2.43. The molecule has 8 nitrogen and oxygen atoms in total. The minimum absolute atomic E-state index is 0.00917. The van der Waals surface area contributed by atoms with Crippen molar-refractivity contribution in [3.63, 3.8) is 0 Å². The Kier molecular flexibility index (Phi) is 3.74. The SMILES string of the molecule is CCCS(=O)(=O)[C@@H]1CO[C@H]2[C@@H]1OC[C@H]2O[N+](=O)[O-]. The molecule has 0 amide bonds. The van der Waals surface area contributed by atoms with Gasteiger partial charge in [-0.25, -0.2) is 8.42 Å². The van der Waals surface area contributed by atoms with Crippen LogP contribution >= 0.6 is 0 Å². The molecular weight excluding hydrogens is 266 g/mol. The van der Waals surface area contributed by atoms with Crippen molar-refractivity contribution in [1.82, 2.24) is 0 Å². The van der Waals surface area contributed by atoms with Gasteiger partial charge in [0.25, 0.3) is 5.09 Å².